The Balaban J connectivity index is 2.36. The Morgan fingerprint density at radius 1 is 0.824 bits per heavy atom. The maximum Gasteiger partial charge on any atom is 0.115 e. The van der Waals surface area contributed by atoms with Crippen LogP contribution in [0, 0.1) is 20.8 Å². The summed E-state index contributed by atoms with van der Waals surface area (Å²) < 4.78 is 0. The third kappa shape index (κ3) is 2.50. The first-order chi connectivity index (χ1) is 8.08. The van der Waals surface area contributed by atoms with E-state index in [0.29, 0.717) is 5.75 Å². The minimum absolute atomic E-state index is 0.325. The molecule has 1 heteroatoms. The fourth-order valence-corrected chi connectivity index (χ4v) is 2.10. The minimum atomic E-state index is 0.325. The highest BCUT2D eigenvalue weighted by atomic mass is 16.3. The average Bonchev–Trinajstić information content (AvgIpc) is 2.32. The van der Waals surface area contributed by atoms with Crippen LogP contribution in [0.25, 0.3) is 0 Å². The molecule has 17 heavy (non-hydrogen) atoms. The number of aromatic hydroxyl groups is 1. The summed E-state index contributed by atoms with van der Waals surface area (Å²) in [5, 5.41) is 9.28. The van der Waals surface area contributed by atoms with Gasteiger partial charge in [0.2, 0.25) is 0 Å². The normalized spacial score (nSPS) is 10.5. The number of aryl methyl sites for hydroxylation is 2. The van der Waals surface area contributed by atoms with Crippen LogP contribution in [0.3, 0.4) is 0 Å². The lowest BCUT2D eigenvalue weighted by Gasteiger charge is -2.12. The molecule has 0 radical (unpaired) electrons. The molecular weight excluding hydrogens is 208 g/mol. The Bertz CT molecular complexity index is 524. The van der Waals surface area contributed by atoms with Gasteiger partial charge in [-0.1, -0.05) is 24.3 Å². The van der Waals surface area contributed by atoms with Gasteiger partial charge in [-0.2, -0.15) is 0 Å². The lowest BCUT2D eigenvalue weighted by molar-refractivity contribution is 0.475. The molecule has 0 bridgehead atoms. The molecule has 0 aromatic heterocycles. The van der Waals surface area contributed by atoms with Gasteiger partial charge in [-0.3, -0.25) is 0 Å². The molecule has 0 fully saturated rings. The smallest absolute Gasteiger partial charge is 0.115 e. The quantitative estimate of drug-likeness (QED) is 0.823. The lowest BCUT2D eigenvalue weighted by Crippen LogP contribution is -1.97. The number of phenolic OH excluding ortho intramolecular Hbond substituents is 1. The van der Waals surface area contributed by atoms with E-state index in [1.807, 2.05) is 12.1 Å². The zero-order valence-corrected chi connectivity index (χ0v) is 10.6. The van der Waals surface area contributed by atoms with Crippen LogP contribution >= 0.6 is 0 Å². The fourth-order valence-electron chi connectivity index (χ4n) is 2.10. The molecule has 0 aliphatic heterocycles. The second-order valence-corrected chi connectivity index (χ2v) is 4.65. The molecule has 2 aromatic rings. The molecular formula is C16H18O. The van der Waals surface area contributed by atoms with Gasteiger partial charge in [-0.05, 0) is 67.1 Å². The topological polar surface area (TPSA) is 20.2 Å². The van der Waals surface area contributed by atoms with E-state index >= 15 is 0 Å². The van der Waals surface area contributed by atoms with Gasteiger partial charge in [0.1, 0.15) is 5.75 Å². The first-order valence-corrected chi connectivity index (χ1v) is 5.91. The van der Waals surface area contributed by atoms with Crippen molar-refractivity contribution in [1.82, 2.24) is 0 Å². The molecule has 1 nitrogen and oxygen atoms in total. The summed E-state index contributed by atoms with van der Waals surface area (Å²) in [6.07, 6.45) is 0.930. The summed E-state index contributed by atoms with van der Waals surface area (Å²) in [6, 6.07) is 11.8. The molecule has 0 unspecified atom stereocenters. The minimum Gasteiger partial charge on any atom is -0.508 e. The summed E-state index contributed by atoms with van der Waals surface area (Å²) in [5.74, 6) is 0.325. The van der Waals surface area contributed by atoms with E-state index in [-0.39, 0.29) is 0 Å². The maximum atomic E-state index is 9.28. The molecule has 0 amide bonds. The third-order valence-corrected chi connectivity index (χ3v) is 3.42. The SMILES string of the molecule is Cc1ccc(C)c(Cc2ccc(O)cc2)c1C. The summed E-state index contributed by atoms with van der Waals surface area (Å²) in [7, 11) is 0. The Hall–Kier alpha value is -1.76. The molecule has 0 spiro atoms. The largest absolute Gasteiger partial charge is 0.508 e. The molecule has 2 aromatic carbocycles. The molecule has 88 valence electrons. The standard InChI is InChI=1S/C16H18O/c1-11-4-5-12(2)16(13(11)3)10-14-6-8-15(17)9-7-14/h4-9,17H,10H2,1-3H3. The van der Waals surface area contributed by atoms with E-state index in [1.54, 1.807) is 12.1 Å². The van der Waals surface area contributed by atoms with Gasteiger partial charge < -0.3 is 5.11 Å². The van der Waals surface area contributed by atoms with E-state index < -0.39 is 0 Å². The highest BCUT2D eigenvalue weighted by Gasteiger charge is 2.06. The number of hydrogen-bond donors (Lipinski definition) is 1. The van der Waals surface area contributed by atoms with Crippen molar-refractivity contribution in [1.29, 1.82) is 0 Å². The maximum absolute atomic E-state index is 9.28. The monoisotopic (exact) mass is 226 g/mol. The summed E-state index contributed by atoms with van der Waals surface area (Å²) in [5.41, 5.74) is 6.68. The number of benzene rings is 2. The van der Waals surface area contributed by atoms with E-state index in [4.69, 9.17) is 0 Å². The predicted molar refractivity (Wildman–Crippen MR) is 71.6 cm³/mol. The highest BCUT2D eigenvalue weighted by molar-refractivity contribution is 5.42. The fraction of sp³-hybridized carbons (Fsp3) is 0.250. The van der Waals surface area contributed by atoms with E-state index in [9.17, 15) is 5.11 Å². The van der Waals surface area contributed by atoms with E-state index in [1.165, 1.54) is 27.8 Å². The Morgan fingerprint density at radius 2 is 1.41 bits per heavy atom. The van der Waals surface area contributed by atoms with Gasteiger partial charge >= 0.3 is 0 Å². The molecule has 0 heterocycles. The number of phenols is 1. The molecule has 0 aliphatic carbocycles. The van der Waals surface area contributed by atoms with Crippen molar-refractivity contribution >= 4 is 0 Å². The Labute approximate surface area is 103 Å². The van der Waals surface area contributed by atoms with Gasteiger partial charge in [0.25, 0.3) is 0 Å². The van der Waals surface area contributed by atoms with Crippen molar-refractivity contribution in [3.8, 4) is 5.75 Å². The zero-order chi connectivity index (χ0) is 12.4. The van der Waals surface area contributed by atoms with Crippen LogP contribution in [-0.4, -0.2) is 5.11 Å². The van der Waals surface area contributed by atoms with Crippen LogP contribution in [0.15, 0.2) is 36.4 Å². The van der Waals surface area contributed by atoms with Crippen molar-refractivity contribution in [2.45, 2.75) is 27.2 Å². The second-order valence-electron chi connectivity index (χ2n) is 4.65. The van der Waals surface area contributed by atoms with Crippen LogP contribution < -0.4 is 0 Å². The van der Waals surface area contributed by atoms with Crippen LogP contribution in [0.4, 0.5) is 0 Å². The van der Waals surface area contributed by atoms with Gasteiger partial charge in [-0.25, -0.2) is 0 Å². The van der Waals surface area contributed by atoms with Crippen LogP contribution in [-0.2, 0) is 6.42 Å². The van der Waals surface area contributed by atoms with Crippen molar-refractivity contribution < 1.29 is 5.11 Å². The van der Waals surface area contributed by atoms with Gasteiger partial charge in [0.15, 0.2) is 0 Å². The summed E-state index contributed by atoms with van der Waals surface area (Å²) in [6.45, 7) is 6.48. The second kappa shape index (κ2) is 4.62. The van der Waals surface area contributed by atoms with Gasteiger partial charge in [0, 0.05) is 0 Å². The van der Waals surface area contributed by atoms with E-state index in [2.05, 4.69) is 32.9 Å². The number of hydrogen-bond acceptors (Lipinski definition) is 1. The van der Waals surface area contributed by atoms with Gasteiger partial charge in [-0.15, -0.1) is 0 Å². The molecule has 0 aliphatic rings. The van der Waals surface area contributed by atoms with Gasteiger partial charge in [0.05, 0.1) is 0 Å². The first-order valence-electron chi connectivity index (χ1n) is 5.91. The average molecular weight is 226 g/mol. The third-order valence-electron chi connectivity index (χ3n) is 3.42. The molecule has 2 rings (SSSR count). The van der Waals surface area contributed by atoms with Crippen molar-refractivity contribution in [3.05, 3.63) is 64.2 Å². The Morgan fingerprint density at radius 3 is 2.06 bits per heavy atom. The Kier molecular flexibility index (Phi) is 3.19. The predicted octanol–water partition coefficient (Wildman–Crippen LogP) is 3.91. The summed E-state index contributed by atoms with van der Waals surface area (Å²) >= 11 is 0. The van der Waals surface area contributed by atoms with Crippen molar-refractivity contribution in [3.63, 3.8) is 0 Å². The molecule has 0 saturated heterocycles. The van der Waals surface area contributed by atoms with Crippen molar-refractivity contribution in [2.24, 2.45) is 0 Å². The molecule has 1 N–H and O–H groups in total. The van der Waals surface area contributed by atoms with Crippen LogP contribution in [0.5, 0.6) is 5.75 Å². The lowest BCUT2D eigenvalue weighted by atomic mass is 9.93. The highest BCUT2D eigenvalue weighted by Crippen LogP contribution is 2.22. The molecule has 0 saturated carbocycles. The summed E-state index contributed by atoms with van der Waals surface area (Å²) in [4.78, 5) is 0. The van der Waals surface area contributed by atoms with E-state index in [0.717, 1.165) is 6.42 Å². The van der Waals surface area contributed by atoms with Crippen molar-refractivity contribution in [2.75, 3.05) is 0 Å². The van der Waals surface area contributed by atoms with Crippen LogP contribution in [0.1, 0.15) is 27.8 Å². The zero-order valence-electron chi connectivity index (χ0n) is 10.6. The number of rotatable bonds is 2. The first kappa shape index (κ1) is 11.7. The van der Waals surface area contributed by atoms with Crippen LogP contribution in [0.2, 0.25) is 0 Å². The molecule has 0 atom stereocenters.